The highest BCUT2D eigenvalue weighted by atomic mass is 79.9. The summed E-state index contributed by atoms with van der Waals surface area (Å²) in [5, 5.41) is 0. The van der Waals surface area contributed by atoms with E-state index in [0.717, 1.165) is 27.1 Å². The first-order valence-corrected chi connectivity index (χ1v) is 8.18. The molecule has 0 saturated carbocycles. The van der Waals surface area contributed by atoms with Crippen LogP contribution in [-0.4, -0.2) is 24.9 Å². The number of carbonyl (C=O) groups is 1. The second-order valence-electron chi connectivity index (χ2n) is 4.37. The number of aliphatic imine (C=N–C) groups is 1. The fourth-order valence-electron chi connectivity index (χ4n) is 2.29. The van der Waals surface area contributed by atoms with Gasteiger partial charge in [0.2, 0.25) is 0 Å². The first-order chi connectivity index (χ1) is 9.61. The molecule has 3 heterocycles. The van der Waals surface area contributed by atoms with E-state index in [0.29, 0.717) is 35.4 Å². The molecule has 4 nitrogen and oxygen atoms in total. The van der Waals surface area contributed by atoms with E-state index >= 15 is 0 Å². The van der Waals surface area contributed by atoms with Crippen LogP contribution in [0.5, 0.6) is 0 Å². The molecule has 0 radical (unpaired) electrons. The van der Waals surface area contributed by atoms with Gasteiger partial charge in [0.25, 0.3) is 0 Å². The Morgan fingerprint density at radius 1 is 1.55 bits per heavy atom. The highest BCUT2D eigenvalue weighted by Gasteiger charge is 2.35. The average molecular weight is 377 g/mol. The van der Waals surface area contributed by atoms with Crippen molar-refractivity contribution in [1.29, 1.82) is 0 Å². The molecule has 0 aliphatic carbocycles. The number of carbonyl (C=O) groups excluding carboxylic acids is 1. The standard InChI is InChI=1S/C13H11BrClNO3S/c1-2-18-13(17)7-4-3-6-5-19-10-8(6)9(16-7)12(15)20-11(10)14/h2-5H2,1H3. The van der Waals surface area contributed by atoms with E-state index in [2.05, 4.69) is 20.9 Å². The number of esters is 1. The van der Waals surface area contributed by atoms with Crippen LogP contribution in [0.4, 0.5) is 0 Å². The smallest absolute Gasteiger partial charge is 0.352 e. The second-order valence-corrected chi connectivity index (χ2v) is 7.31. The number of thioether (sulfide) groups is 1. The lowest BCUT2D eigenvalue weighted by Crippen LogP contribution is -2.17. The lowest BCUT2D eigenvalue weighted by atomic mass is 10.0. The van der Waals surface area contributed by atoms with Crippen LogP contribution in [0, 0.1) is 0 Å². The van der Waals surface area contributed by atoms with E-state index in [1.165, 1.54) is 11.8 Å². The topological polar surface area (TPSA) is 47.9 Å². The molecule has 7 heteroatoms. The predicted molar refractivity (Wildman–Crippen MR) is 82.7 cm³/mol. The predicted octanol–water partition coefficient (Wildman–Crippen LogP) is 3.83. The van der Waals surface area contributed by atoms with E-state index in [1.54, 1.807) is 6.92 Å². The van der Waals surface area contributed by atoms with Crippen molar-refractivity contribution >= 4 is 51.0 Å². The van der Waals surface area contributed by atoms with Crippen LogP contribution in [0.1, 0.15) is 19.8 Å². The molecule has 3 aliphatic rings. The summed E-state index contributed by atoms with van der Waals surface area (Å²) in [4.78, 5) is 16.4. The third kappa shape index (κ3) is 2.34. The third-order valence-corrected chi connectivity index (χ3v) is 5.17. The minimum absolute atomic E-state index is 0.340. The van der Waals surface area contributed by atoms with Crippen molar-refractivity contribution in [3.63, 3.8) is 0 Å². The largest absolute Gasteiger partial charge is 0.487 e. The molecule has 3 aliphatic heterocycles. The van der Waals surface area contributed by atoms with Crippen molar-refractivity contribution in [1.82, 2.24) is 0 Å². The summed E-state index contributed by atoms with van der Waals surface area (Å²) < 4.78 is 12.1. The number of nitrogens with zero attached hydrogens (tertiary/aromatic N) is 1. The van der Waals surface area contributed by atoms with Crippen LogP contribution in [0.2, 0.25) is 0 Å². The van der Waals surface area contributed by atoms with E-state index in [9.17, 15) is 4.79 Å². The monoisotopic (exact) mass is 375 g/mol. The molecule has 0 aromatic carbocycles. The Kier molecular flexibility index (Phi) is 3.97. The van der Waals surface area contributed by atoms with Gasteiger partial charge in [0.05, 0.1) is 10.4 Å². The van der Waals surface area contributed by atoms with Gasteiger partial charge in [-0.25, -0.2) is 9.79 Å². The number of rotatable bonds is 2. The molecule has 0 aromatic heterocycles. The Morgan fingerprint density at radius 3 is 3.10 bits per heavy atom. The number of ether oxygens (including phenoxy) is 2. The molecular formula is C13H11BrClNO3S. The highest BCUT2D eigenvalue weighted by Crippen LogP contribution is 2.51. The molecule has 0 amide bonds. The maximum Gasteiger partial charge on any atom is 0.352 e. The number of halogens is 2. The zero-order chi connectivity index (χ0) is 14.3. The zero-order valence-corrected chi connectivity index (χ0v) is 13.8. The van der Waals surface area contributed by atoms with Crippen molar-refractivity contribution in [2.24, 2.45) is 4.99 Å². The summed E-state index contributed by atoms with van der Waals surface area (Å²) in [7, 11) is 0. The second kappa shape index (κ2) is 5.58. The van der Waals surface area contributed by atoms with Crippen LogP contribution >= 0.6 is 39.3 Å². The zero-order valence-electron chi connectivity index (χ0n) is 10.7. The number of hydrogen-bond acceptors (Lipinski definition) is 5. The Balaban J connectivity index is 2.04. The van der Waals surface area contributed by atoms with E-state index in [1.807, 2.05) is 0 Å². The molecule has 0 unspecified atom stereocenters. The van der Waals surface area contributed by atoms with Crippen molar-refractivity contribution < 1.29 is 14.3 Å². The van der Waals surface area contributed by atoms with Crippen LogP contribution in [0.3, 0.4) is 0 Å². The van der Waals surface area contributed by atoms with Gasteiger partial charge in [-0.1, -0.05) is 23.4 Å². The van der Waals surface area contributed by atoms with E-state index < -0.39 is 0 Å². The summed E-state index contributed by atoms with van der Waals surface area (Å²) in [6.45, 7) is 2.65. The first-order valence-electron chi connectivity index (χ1n) is 6.19. The molecule has 0 bridgehead atoms. The molecule has 106 valence electrons. The van der Waals surface area contributed by atoms with Crippen LogP contribution in [-0.2, 0) is 14.3 Å². The number of hydrogen-bond donors (Lipinski definition) is 0. The Labute approximate surface area is 134 Å². The summed E-state index contributed by atoms with van der Waals surface area (Å²) in [6.07, 6.45) is 1.28. The van der Waals surface area contributed by atoms with Crippen molar-refractivity contribution in [2.75, 3.05) is 13.2 Å². The van der Waals surface area contributed by atoms with Crippen LogP contribution in [0.25, 0.3) is 0 Å². The van der Waals surface area contributed by atoms with Gasteiger partial charge in [0, 0.05) is 12.0 Å². The van der Waals surface area contributed by atoms with Crippen LogP contribution < -0.4 is 0 Å². The molecule has 0 spiro atoms. The average Bonchev–Trinajstić information content (AvgIpc) is 2.73. The molecule has 0 fully saturated rings. The lowest BCUT2D eigenvalue weighted by molar-refractivity contribution is -0.135. The van der Waals surface area contributed by atoms with Gasteiger partial charge in [-0.05, 0) is 34.8 Å². The van der Waals surface area contributed by atoms with Gasteiger partial charge in [-0.2, -0.15) is 0 Å². The van der Waals surface area contributed by atoms with E-state index in [-0.39, 0.29) is 5.97 Å². The summed E-state index contributed by atoms with van der Waals surface area (Å²) >= 11 is 11.1. The third-order valence-electron chi connectivity index (χ3n) is 3.17. The van der Waals surface area contributed by atoms with Gasteiger partial charge in [-0.3, -0.25) is 0 Å². The van der Waals surface area contributed by atoms with Gasteiger partial charge in [-0.15, -0.1) is 0 Å². The summed E-state index contributed by atoms with van der Waals surface area (Å²) in [5.74, 6) is 0.407. The molecule has 0 atom stereocenters. The Hall–Kier alpha value is -0.720. The Morgan fingerprint density at radius 2 is 2.35 bits per heavy atom. The quantitative estimate of drug-likeness (QED) is 0.687. The highest BCUT2D eigenvalue weighted by molar-refractivity contribution is 9.14. The van der Waals surface area contributed by atoms with Gasteiger partial charge >= 0.3 is 5.97 Å². The maximum absolute atomic E-state index is 11.9. The van der Waals surface area contributed by atoms with Gasteiger partial charge < -0.3 is 9.47 Å². The SMILES string of the molecule is CCOC(=O)C1=NC2=C(Cl)SC(Br)=C3OCC(=C23)CC1. The normalized spacial score (nSPS) is 21.4. The van der Waals surface area contributed by atoms with Crippen molar-refractivity contribution in [3.8, 4) is 0 Å². The minimum atomic E-state index is -0.369. The summed E-state index contributed by atoms with van der Waals surface area (Å²) in [6, 6.07) is 0. The lowest BCUT2D eigenvalue weighted by Gasteiger charge is -2.16. The fraction of sp³-hybridized carbons (Fsp3) is 0.385. The fourth-order valence-corrected chi connectivity index (χ4v) is 4.39. The molecule has 0 aromatic rings. The van der Waals surface area contributed by atoms with Gasteiger partial charge in [0.1, 0.15) is 28.1 Å². The first kappa shape index (κ1) is 14.2. The minimum Gasteiger partial charge on any atom is -0.487 e. The molecule has 20 heavy (non-hydrogen) atoms. The summed E-state index contributed by atoms with van der Waals surface area (Å²) in [5.41, 5.74) is 3.11. The molecule has 3 rings (SSSR count). The maximum atomic E-state index is 11.9. The van der Waals surface area contributed by atoms with Crippen LogP contribution in [0.15, 0.2) is 35.8 Å². The van der Waals surface area contributed by atoms with E-state index in [4.69, 9.17) is 21.1 Å². The molecule has 0 saturated heterocycles. The van der Waals surface area contributed by atoms with Gasteiger partial charge in [0.15, 0.2) is 0 Å². The Bertz CT molecular complexity index is 621. The molecule has 0 N–H and O–H groups in total. The van der Waals surface area contributed by atoms with Crippen molar-refractivity contribution in [3.05, 3.63) is 30.8 Å². The molecular weight excluding hydrogens is 366 g/mol. The van der Waals surface area contributed by atoms with Crippen molar-refractivity contribution in [2.45, 2.75) is 19.8 Å².